The van der Waals surface area contributed by atoms with Crippen molar-refractivity contribution < 1.29 is 14.8 Å². The Morgan fingerprint density at radius 1 is 1.16 bits per heavy atom. The lowest BCUT2D eigenvalue weighted by Gasteiger charge is -2.20. The summed E-state index contributed by atoms with van der Waals surface area (Å²) in [5.41, 5.74) is 4.83. The zero-order valence-corrected chi connectivity index (χ0v) is 22.5. The molecule has 0 radical (unpaired) electrons. The van der Waals surface area contributed by atoms with Crippen molar-refractivity contribution in [2.24, 2.45) is 0 Å². The number of nitrogens with one attached hydrogen (secondary N) is 3. The van der Waals surface area contributed by atoms with E-state index in [0.29, 0.717) is 24.5 Å². The number of tetrazole rings is 1. The summed E-state index contributed by atoms with van der Waals surface area (Å²) in [5.74, 6) is 0.468. The molecule has 0 aliphatic rings. The highest BCUT2D eigenvalue weighted by Crippen LogP contribution is 2.20. The third-order valence-electron chi connectivity index (χ3n) is 6.15. The molecule has 38 heavy (non-hydrogen) atoms. The monoisotopic (exact) mass is 580 g/mol. The maximum Gasteiger partial charge on any atom is 0.269 e. The highest BCUT2D eigenvalue weighted by atomic mass is 79.9. The van der Waals surface area contributed by atoms with Crippen molar-refractivity contribution in [2.75, 3.05) is 0 Å². The number of rotatable bonds is 12. The molecule has 0 bridgehead atoms. The largest absolute Gasteiger partial charge is 0.347 e. The van der Waals surface area contributed by atoms with Crippen molar-refractivity contribution in [1.82, 2.24) is 41.0 Å². The Kier molecular flexibility index (Phi) is 9.33. The number of hydroxylamine groups is 1. The molecule has 4 aromatic rings. The van der Waals surface area contributed by atoms with E-state index >= 15 is 0 Å². The van der Waals surface area contributed by atoms with E-state index in [-0.39, 0.29) is 12.3 Å². The lowest BCUT2D eigenvalue weighted by atomic mass is 10.0. The van der Waals surface area contributed by atoms with Gasteiger partial charge in [0.05, 0.1) is 6.20 Å². The second-order valence-corrected chi connectivity index (χ2v) is 9.76. The van der Waals surface area contributed by atoms with Crippen LogP contribution in [0.2, 0.25) is 0 Å². The molecule has 2 amide bonds. The van der Waals surface area contributed by atoms with Gasteiger partial charge < -0.3 is 9.88 Å². The minimum absolute atomic E-state index is 0.0850. The van der Waals surface area contributed by atoms with Gasteiger partial charge in [-0.3, -0.25) is 14.8 Å². The van der Waals surface area contributed by atoms with Crippen molar-refractivity contribution >= 4 is 27.7 Å². The van der Waals surface area contributed by atoms with Crippen LogP contribution in [0.5, 0.6) is 0 Å². The van der Waals surface area contributed by atoms with E-state index in [2.05, 4.69) is 53.8 Å². The standard InChI is InChI=1S/C26H29BrN8O3/c1-2-3-8-23-28-15-22(35(23)16-17-9-11-18(12-10-17)25-30-33-34-31-25)26(37)29-20(14-24(36)32-38)13-19-6-4-5-7-21(19)27/h4-7,9-12,15,20,38H,2-3,8,13-14,16H2,1H3,(H,29,37)(H,32,36)(H,30,31,33,34)/t20-/m1/s1. The Bertz CT molecular complexity index is 1360. The summed E-state index contributed by atoms with van der Waals surface area (Å²) in [6.07, 6.45) is 4.57. The molecule has 4 N–H and O–H groups in total. The maximum atomic E-state index is 13.5. The molecule has 11 nitrogen and oxygen atoms in total. The molecule has 0 unspecified atom stereocenters. The fourth-order valence-corrected chi connectivity index (χ4v) is 4.62. The van der Waals surface area contributed by atoms with Gasteiger partial charge in [-0.1, -0.05) is 71.7 Å². The van der Waals surface area contributed by atoms with Crippen LogP contribution < -0.4 is 10.8 Å². The summed E-state index contributed by atoms with van der Waals surface area (Å²) in [4.78, 5) is 30.1. The van der Waals surface area contributed by atoms with Gasteiger partial charge in [-0.05, 0) is 40.5 Å². The number of aryl methyl sites for hydroxylation is 1. The molecular formula is C26H29BrN8O3. The van der Waals surface area contributed by atoms with Gasteiger partial charge in [-0.15, -0.1) is 5.10 Å². The second-order valence-electron chi connectivity index (χ2n) is 8.90. The minimum atomic E-state index is -0.582. The zero-order valence-electron chi connectivity index (χ0n) is 20.9. The van der Waals surface area contributed by atoms with Crippen molar-refractivity contribution in [1.29, 1.82) is 0 Å². The average Bonchev–Trinajstić information content (AvgIpc) is 3.60. The summed E-state index contributed by atoms with van der Waals surface area (Å²) in [6.45, 7) is 2.55. The van der Waals surface area contributed by atoms with E-state index < -0.39 is 11.9 Å². The normalized spacial score (nSPS) is 11.8. The number of benzene rings is 2. The van der Waals surface area contributed by atoms with E-state index in [9.17, 15) is 9.59 Å². The average molecular weight is 581 g/mol. The number of halogens is 1. The summed E-state index contributed by atoms with van der Waals surface area (Å²) >= 11 is 3.52. The third-order valence-corrected chi connectivity index (χ3v) is 6.93. The molecule has 0 aliphatic carbocycles. The highest BCUT2D eigenvalue weighted by Gasteiger charge is 2.22. The Hall–Kier alpha value is -3.90. The number of imidazole rings is 1. The van der Waals surface area contributed by atoms with E-state index in [4.69, 9.17) is 5.21 Å². The first-order valence-electron chi connectivity index (χ1n) is 12.3. The smallest absolute Gasteiger partial charge is 0.269 e. The first-order chi connectivity index (χ1) is 18.5. The van der Waals surface area contributed by atoms with Crippen LogP contribution in [0, 0.1) is 0 Å². The number of carbonyl (C=O) groups excluding carboxylic acids is 2. The van der Waals surface area contributed by atoms with Crippen LogP contribution in [0.15, 0.2) is 59.2 Å². The lowest BCUT2D eigenvalue weighted by molar-refractivity contribution is -0.129. The van der Waals surface area contributed by atoms with Crippen LogP contribution in [0.1, 0.15) is 53.6 Å². The summed E-state index contributed by atoms with van der Waals surface area (Å²) in [5, 5.41) is 26.0. The van der Waals surface area contributed by atoms with Crippen LogP contribution in [-0.4, -0.2) is 53.2 Å². The van der Waals surface area contributed by atoms with E-state index in [1.165, 1.54) is 0 Å². The van der Waals surface area contributed by atoms with Gasteiger partial charge in [-0.25, -0.2) is 15.6 Å². The second kappa shape index (κ2) is 13.1. The molecule has 2 aromatic heterocycles. The predicted octanol–water partition coefficient (Wildman–Crippen LogP) is 3.45. The molecule has 0 saturated carbocycles. The van der Waals surface area contributed by atoms with Gasteiger partial charge in [0.2, 0.25) is 5.91 Å². The van der Waals surface area contributed by atoms with Gasteiger partial charge >= 0.3 is 0 Å². The molecule has 198 valence electrons. The Morgan fingerprint density at radius 2 is 1.95 bits per heavy atom. The number of aromatic amines is 1. The molecule has 1 atom stereocenters. The molecule has 2 heterocycles. The number of hydrogen-bond donors (Lipinski definition) is 4. The van der Waals surface area contributed by atoms with Crippen molar-refractivity contribution in [3.63, 3.8) is 0 Å². The number of amides is 2. The van der Waals surface area contributed by atoms with E-state index in [1.54, 1.807) is 11.7 Å². The molecule has 0 spiro atoms. The van der Waals surface area contributed by atoms with E-state index in [0.717, 1.165) is 46.2 Å². The highest BCUT2D eigenvalue weighted by molar-refractivity contribution is 9.10. The van der Waals surface area contributed by atoms with Crippen molar-refractivity contribution in [2.45, 2.75) is 51.6 Å². The summed E-state index contributed by atoms with van der Waals surface area (Å²) in [6, 6.07) is 14.8. The SMILES string of the molecule is CCCCc1ncc(C(=O)N[C@@H](CC(=O)NO)Cc2ccccc2Br)n1Cc1ccc(-c2nnn[nH]2)cc1. The molecule has 2 aromatic carbocycles. The molecule has 0 fully saturated rings. The van der Waals surface area contributed by atoms with Gasteiger partial charge in [0, 0.05) is 35.5 Å². The summed E-state index contributed by atoms with van der Waals surface area (Å²) < 4.78 is 2.79. The van der Waals surface area contributed by atoms with E-state index in [1.807, 2.05) is 53.1 Å². The fraction of sp³-hybridized carbons (Fsp3) is 0.308. The van der Waals surface area contributed by atoms with Gasteiger partial charge in [0.25, 0.3) is 5.91 Å². The van der Waals surface area contributed by atoms with Crippen molar-refractivity contribution in [3.05, 3.63) is 81.8 Å². The van der Waals surface area contributed by atoms with Gasteiger partial charge in [-0.2, -0.15) is 0 Å². The van der Waals surface area contributed by atoms with Gasteiger partial charge in [0.15, 0.2) is 5.82 Å². The summed E-state index contributed by atoms with van der Waals surface area (Å²) in [7, 11) is 0. The number of unbranched alkanes of at least 4 members (excludes halogenated alkanes) is 1. The first-order valence-corrected chi connectivity index (χ1v) is 13.1. The molecule has 4 rings (SSSR count). The van der Waals surface area contributed by atoms with Crippen molar-refractivity contribution in [3.8, 4) is 11.4 Å². The number of H-pyrrole nitrogens is 1. The number of aromatic nitrogens is 6. The topological polar surface area (TPSA) is 151 Å². The van der Waals surface area contributed by atoms with Crippen LogP contribution in [0.3, 0.4) is 0 Å². The van der Waals surface area contributed by atoms with Crippen LogP contribution in [0.4, 0.5) is 0 Å². The Balaban J connectivity index is 1.57. The Morgan fingerprint density at radius 3 is 2.63 bits per heavy atom. The number of nitrogens with zero attached hydrogens (tertiary/aromatic N) is 5. The fourth-order valence-electron chi connectivity index (χ4n) is 4.17. The van der Waals surface area contributed by atoms with Crippen LogP contribution >= 0.6 is 15.9 Å². The zero-order chi connectivity index (χ0) is 26.9. The number of carbonyl (C=O) groups is 2. The van der Waals surface area contributed by atoms with Crippen LogP contribution in [-0.2, 0) is 24.2 Å². The lowest BCUT2D eigenvalue weighted by Crippen LogP contribution is -2.41. The van der Waals surface area contributed by atoms with Crippen LogP contribution in [0.25, 0.3) is 11.4 Å². The molecule has 0 saturated heterocycles. The quantitative estimate of drug-likeness (QED) is 0.148. The Labute approximate surface area is 228 Å². The maximum absolute atomic E-state index is 13.5. The predicted molar refractivity (Wildman–Crippen MR) is 143 cm³/mol. The number of hydrogen-bond acceptors (Lipinski definition) is 7. The third kappa shape index (κ3) is 6.90. The molecule has 12 heteroatoms. The minimum Gasteiger partial charge on any atom is -0.347 e. The van der Waals surface area contributed by atoms with Gasteiger partial charge in [0.1, 0.15) is 11.5 Å². The first kappa shape index (κ1) is 27.1. The molecule has 0 aliphatic heterocycles. The molecular weight excluding hydrogens is 552 g/mol.